The summed E-state index contributed by atoms with van der Waals surface area (Å²) in [6.07, 6.45) is 0.526. The van der Waals surface area contributed by atoms with Gasteiger partial charge in [0.15, 0.2) is 0 Å². The number of esters is 1. The summed E-state index contributed by atoms with van der Waals surface area (Å²) in [6, 6.07) is -0.105. The molecule has 128 valence electrons. The van der Waals surface area contributed by atoms with Crippen molar-refractivity contribution in [1.29, 1.82) is 0 Å². The second kappa shape index (κ2) is 6.86. The molecule has 6 heteroatoms. The van der Waals surface area contributed by atoms with E-state index in [4.69, 9.17) is 15.2 Å². The fourth-order valence-corrected chi connectivity index (χ4v) is 2.36. The van der Waals surface area contributed by atoms with Gasteiger partial charge in [-0.15, -0.1) is 0 Å². The van der Waals surface area contributed by atoms with E-state index in [1.807, 2.05) is 41.5 Å². The predicted octanol–water partition coefficient (Wildman–Crippen LogP) is 2.30. The van der Waals surface area contributed by atoms with Crippen molar-refractivity contribution in [3.63, 3.8) is 0 Å². The van der Waals surface area contributed by atoms with E-state index >= 15 is 0 Å². The fraction of sp³-hybridized carbons (Fsp3) is 0.875. The van der Waals surface area contributed by atoms with Crippen molar-refractivity contribution in [2.45, 2.75) is 71.6 Å². The van der Waals surface area contributed by atoms with Crippen LogP contribution in [0.3, 0.4) is 0 Å². The van der Waals surface area contributed by atoms with Crippen molar-refractivity contribution < 1.29 is 19.1 Å². The molecule has 1 heterocycles. The number of ether oxygens (including phenoxy) is 2. The number of piperidine rings is 1. The molecule has 0 aromatic heterocycles. The van der Waals surface area contributed by atoms with E-state index in [-0.39, 0.29) is 30.4 Å². The number of amides is 1. The Morgan fingerprint density at radius 2 is 1.64 bits per heavy atom. The molecule has 0 aromatic rings. The third-order valence-corrected chi connectivity index (χ3v) is 3.29. The van der Waals surface area contributed by atoms with Crippen molar-refractivity contribution in [3.05, 3.63) is 0 Å². The molecular weight excluding hydrogens is 284 g/mol. The number of likely N-dealkylation sites (tertiary alicyclic amines) is 1. The molecule has 1 rings (SSSR count). The van der Waals surface area contributed by atoms with Crippen LogP contribution in [0.4, 0.5) is 4.79 Å². The molecule has 0 spiro atoms. The van der Waals surface area contributed by atoms with Crippen LogP contribution >= 0.6 is 0 Å². The van der Waals surface area contributed by atoms with Crippen LogP contribution in [0, 0.1) is 5.92 Å². The van der Waals surface area contributed by atoms with Gasteiger partial charge in [0.25, 0.3) is 0 Å². The number of nitrogens with two attached hydrogens (primary N) is 1. The maximum atomic E-state index is 12.1. The molecule has 2 N–H and O–H groups in total. The van der Waals surface area contributed by atoms with Gasteiger partial charge in [0.2, 0.25) is 0 Å². The molecule has 1 saturated heterocycles. The lowest BCUT2D eigenvalue weighted by Gasteiger charge is -2.37. The van der Waals surface area contributed by atoms with Gasteiger partial charge in [-0.05, 0) is 48.0 Å². The van der Waals surface area contributed by atoms with Gasteiger partial charge in [-0.25, -0.2) is 4.79 Å². The second-order valence-electron chi connectivity index (χ2n) is 7.93. The van der Waals surface area contributed by atoms with Gasteiger partial charge in [0, 0.05) is 25.0 Å². The Hall–Kier alpha value is -1.30. The molecule has 2 atom stereocenters. The van der Waals surface area contributed by atoms with Crippen molar-refractivity contribution >= 4 is 12.1 Å². The molecule has 0 saturated carbocycles. The largest absolute Gasteiger partial charge is 0.460 e. The highest BCUT2D eigenvalue weighted by atomic mass is 16.6. The van der Waals surface area contributed by atoms with Crippen molar-refractivity contribution in [3.8, 4) is 0 Å². The van der Waals surface area contributed by atoms with E-state index in [2.05, 4.69) is 0 Å². The highest BCUT2D eigenvalue weighted by Crippen LogP contribution is 2.22. The molecule has 6 nitrogen and oxygen atoms in total. The number of rotatable bonds is 2. The minimum absolute atomic E-state index is 0.101. The molecule has 1 aliphatic heterocycles. The first-order valence-electron chi connectivity index (χ1n) is 7.83. The third-order valence-electron chi connectivity index (χ3n) is 3.29. The molecule has 1 fully saturated rings. The van der Waals surface area contributed by atoms with E-state index in [0.717, 1.165) is 0 Å². The molecule has 22 heavy (non-hydrogen) atoms. The Bertz CT molecular complexity index is 409. The summed E-state index contributed by atoms with van der Waals surface area (Å²) >= 11 is 0. The van der Waals surface area contributed by atoms with Gasteiger partial charge < -0.3 is 20.1 Å². The topological polar surface area (TPSA) is 81.9 Å². The summed E-state index contributed by atoms with van der Waals surface area (Å²) in [7, 11) is 0. The van der Waals surface area contributed by atoms with Crippen LogP contribution in [0.2, 0.25) is 0 Å². The number of hydrogen-bond donors (Lipinski definition) is 1. The van der Waals surface area contributed by atoms with Gasteiger partial charge in [-0.2, -0.15) is 0 Å². The first-order valence-corrected chi connectivity index (χ1v) is 7.83. The fourth-order valence-electron chi connectivity index (χ4n) is 2.36. The average molecular weight is 314 g/mol. The summed E-state index contributed by atoms with van der Waals surface area (Å²) in [6.45, 7) is 12.0. The summed E-state index contributed by atoms with van der Waals surface area (Å²) < 4.78 is 10.7. The van der Waals surface area contributed by atoms with Crippen molar-refractivity contribution in [2.24, 2.45) is 11.7 Å². The Morgan fingerprint density at radius 1 is 1.09 bits per heavy atom. The van der Waals surface area contributed by atoms with Gasteiger partial charge in [-0.1, -0.05) is 0 Å². The third kappa shape index (κ3) is 6.64. The standard InChI is InChI=1S/C16H30N2O4/c1-15(2,3)21-13(19)9-11-10-18(8-7-12(11)17)14(20)22-16(4,5)6/h11-12H,7-10,17H2,1-6H3. The maximum Gasteiger partial charge on any atom is 0.410 e. The number of carbonyl (C=O) groups is 2. The van der Waals surface area contributed by atoms with Gasteiger partial charge in [-0.3, -0.25) is 4.79 Å². The SMILES string of the molecule is CC(C)(C)OC(=O)CC1CN(C(=O)OC(C)(C)C)CCC1N. The zero-order chi connectivity index (χ0) is 17.1. The van der Waals surface area contributed by atoms with E-state index in [1.54, 1.807) is 4.90 Å². The zero-order valence-electron chi connectivity index (χ0n) is 14.6. The minimum atomic E-state index is -0.530. The Balaban J connectivity index is 2.60. The van der Waals surface area contributed by atoms with Crippen LogP contribution < -0.4 is 5.73 Å². The Morgan fingerprint density at radius 3 is 2.14 bits per heavy atom. The first kappa shape index (κ1) is 18.7. The summed E-state index contributed by atoms with van der Waals surface area (Å²) in [5, 5.41) is 0. The molecule has 1 amide bonds. The lowest BCUT2D eigenvalue weighted by atomic mass is 9.90. The smallest absolute Gasteiger partial charge is 0.410 e. The van der Waals surface area contributed by atoms with Crippen LogP contribution in [0.5, 0.6) is 0 Å². The average Bonchev–Trinajstić information content (AvgIpc) is 2.27. The predicted molar refractivity (Wildman–Crippen MR) is 84.4 cm³/mol. The van der Waals surface area contributed by atoms with Crippen LogP contribution in [0.25, 0.3) is 0 Å². The van der Waals surface area contributed by atoms with E-state index in [9.17, 15) is 9.59 Å². The molecule has 1 aliphatic rings. The second-order valence-corrected chi connectivity index (χ2v) is 7.93. The Labute approximate surface area is 133 Å². The monoisotopic (exact) mass is 314 g/mol. The minimum Gasteiger partial charge on any atom is -0.460 e. The van der Waals surface area contributed by atoms with Crippen LogP contribution in [-0.4, -0.2) is 47.3 Å². The van der Waals surface area contributed by atoms with Crippen LogP contribution in [0.1, 0.15) is 54.4 Å². The van der Waals surface area contributed by atoms with Crippen LogP contribution in [-0.2, 0) is 14.3 Å². The maximum absolute atomic E-state index is 12.1. The Kier molecular flexibility index (Phi) is 5.84. The van der Waals surface area contributed by atoms with Gasteiger partial charge in [0.05, 0.1) is 6.42 Å². The van der Waals surface area contributed by atoms with Gasteiger partial charge in [0.1, 0.15) is 11.2 Å². The van der Waals surface area contributed by atoms with Crippen molar-refractivity contribution in [1.82, 2.24) is 4.90 Å². The lowest BCUT2D eigenvalue weighted by molar-refractivity contribution is -0.156. The molecular formula is C16H30N2O4. The quantitative estimate of drug-likeness (QED) is 0.791. The summed E-state index contributed by atoms with van der Waals surface area (Å²) in [5.41, 5.74) is 5.05. The summed E-state index contributed by atoms with van der Waals surface area (Å²) in [4.78, 5) is 25.7. The number of hydrogen-bond acceptors (Lipinski definition) is 5. The number of nitrogens with zero attached hydrogens (tertiary/aromatic N) is 1. The molecule has 0 bridgehead atoms. The molecule has 0 aromatic carbocycles. The summed E-state index contributed by atoms with van der Waals surface area (Å²) in [5.74, 6) is -0.380. The van der Waals surface area contributed by atoms with Gasteiger partial charge >= 0.3 is 12.1 Å². The van der Waals surface area contributed by atoms with Crippen molar-refractivity contribution in [2.75, 3.05) is 13.1 Å². The normalized spacial score (nSPS) is 23.1. The highest BCUT2D eigenvalue weighted by molar-refractivity contribution is 5.71. The van der Waals surface area contributed by atoms with E-state index in [1.165, 1.54) is 0 Å². The molecule has 0 aliphatic carbocycles. The van der Waals surface area contributed by atoms with E-state index < -0.39 is 11.2 Å². The first-order chi connectivity index (χ1) is 9.87. The highest BCUT2D eigenvalue weighted by Gasteiger charge is 2.33. The molecule has 2 unspecified atom stereocenters. The van der Waals surface area contributed by atoms with Crippen LogP contribution in [0.15, 0.2) is 0 Å². The van der Waals surface area contributed by atoms with E-state index in [0.29, 0.717) is 19.5 Å². The lowest BCUT2D eigenvalue weighted by Crippen LogP contribution is -2.51. The number of carbonyl (C=O) groups excluding carboxylic acids is 2. The molecule has 0 radical (unpaired) electrons. The zero-order valence-corrected chi connectivity index (χ0v) is 14.6.